The van der Waals surface area contributed by atoms with Crippen LogP contribution in [-0.4, -0.2) is 20.9 Å². The van der Waals surface area contributed by atoms with Gasteiger partial charge < -0.3 is 9.73 Å². The summed E-state index contributed by atoms with van der Waals surface area (Å²) in [5.41, 5.74) is 2.01. The SMILES string of the molecule is CCCCCCCCCCC(=O)Nc1nc(C)nc(Nc2ccc3cc(-c4ccccc4)c(=O)oc3c2)n1. The van der Waals surface area contributed by atoms with Crippen LogP contribution >= 0.6 is 0 Å². The summed E-state index contributed by atoms with van der Waals surface area (Å²) in [5, 5.41) is 6.71. The Morgan fingerprint density at radius 2 is 1.55 bits per heavy atom. The van der Waals surface area contributed by atoms with Crippen molar-refractivity contribution in [1.29, 1.82) is 0 Å². The average molecular weight is 514 g/mol. The maximum absolute atomic E-state index is 12.6. The molecule has 0 spiro atoms. The second kappa shape index (κ2) is 13.5. The third-order valence-corrected chi connectivity index (χ3v) is 6.33. The number of aromatic nitrogens is 3. The fraction of sp³-hybridized carbons (Fsp3) is 0.367. The number of hydrogen-bond donors (Lipinski definition) is 2. The molecule has 8 heteroatoms. The van der Waals surface area contributed by atoms with Gasteiger partial charge in [-0.2, -0.15) is 15.0 Å². The van der Waals surface area contributed by atoms with E-state index in [-0.39, 0.29) is 11.9 Å². The summed E-state index contributed by atoms with van der Waals surface area (Å²) in [6.45, 7) is 3.96. The molecule has 0 aliphatic carbocycles. The summed E-state index contributed by atoms with van der Waals surface area (Å²) in [7, 11) is 0. The number of benzene rings is 2. The van der Waals surface area contributed by atoms with Crippen molar-refractivity contribution in [3.63, 3.8) is 0 Å². The molecule has 0 aliphatic heterocycles. The van der Waals surface area contributed by atoms with Crippen LogP contribution in [0.25, 0.3) is 22.1 Å². The predicted octanol–water partition coefficient (Wildman–Crippen LogP) is 7.17. The molecule has 4 aromatic rings. The van der Waals surface area contributed by atoms with E-state index < -0.39 is 5.63 Å². The molecule has 0 fully saturated rings. The first-order chi connectivity index (χ1) is 18.5. The van der Waals surface area contributed by atoms with Gasteiger partial charge in [-0.25, -0.2) is 4.79 Å². The molecule has 198 valence electrons. The molecule has 2 heterocycles. The lowest BCUT2D eigenvalue weighted by Crippen LogP contribution is -2.15. The molecule has 0 unspecified atom stereocenters. The molecular weight excluding hydrogens is 478 g/mol. The molecule has 0 saturated heterocycles. The molecule has 38 heavy (non-hydrogen) atoms. The Labute approximate surface area is 222 Å². The first-order valence-corrected chi connectivity index (χ1v) is 13.4. The third-order valence-electron chi connectivity index (χ3n) is 6.33. The van der Waals surface area contributed by atoms with Gasteiger partial charge in [-0.15, -0.1) is 0 Å². The van der Waals surface area contributed by atoms with Gasteiger partial charge in [0.05, 0.1) is 5.56 Å². The number of anilines is 3. The van der Waals surface area contributed by atoms with Crippen molar-refractivity contribution in [2.75, 3.05) is 10.6 Å². The van der Waals surface area contributed by atoms with Gasteiger partial charge in [0.25, 0.3) is 0 Å². The maximum Gasteiger partial charge on any atom is 0.344 e. The van der Waals surface area contributed by atoms with Gasteiger partial charge in [-0.1, -0.05) is 82.2 Å². The van der Waals surface area contributed by atoms with Gasteiger partial charge in [0.15, 0.2) is 0 Å². The van der Waals surface area contributed by atoms with Crippen molar-refractivity contribution in [3.8, 4) is 11.1 Å². The smallest absolute Gasteiger partial charge is 0.344 e. The number of rotatable bonds is 13. The van der Waals surface area contributed by atoms with Crippen molar-refractivity contribution in [2.24, 2.45) is 0 Å². The van der Waals surface area contributed by atoms with E-state index in [1.54, 1.807) is 13.0 Å². The highest BCUT2D eigenvalue weighted by atomic mass is 16.4. The summed E-state index contributed by atoms with van der Waals surface area (Å²) in [6.07, 6.45) is 9.87. The van der Waals surface area contributed by atoms with E-state index in [0.717, 1.165) is 30.2 Å². The molecule has 4 rings (SSSR count). The number of carbonyl (C=O) groups is 1. The molecule has 2 N–H and O–H groups in total. The fourth-order valence-corrected chi connectivity index (χ4v) is 4.34. The molecule has 0 aliphatic rings. The van der Waals surface area contributed by atoms with Crippen LogP contribution in [-0.2, 0) is 4.79 Å². The summed E-state index contributed by atoms with van der Waals surface area (Å²) in [4.78, 5) is 37.9. The van der Waals surface area contributed by atoms with E-state index in [1.807, 2.05) is 48.5 Å². The zero-order valence-electron chi connectivity index (χ0n) is 22.1. The lowest BCUT2D eigenvalue weighted by atomic mass is 10.1. The Kier molecular flexibility index (Phi) is 9.56. The van der Waals surface area contributed by atoms with Gasteiger partial charge in [-0.05, 0) is 37.1 Å². The summed E-state index contributed by atoms with van der Waals surface area (Å²) in [6, 6.07) is 16.7. The molecule has 0 bridgehead atoms. The number of aryl methyl sites for hydroxylation is 1. The lowest BCUT2D eigenvalue weighted by molar-refractivity contribution is -0.116. The molecule has 0 saturated carbocycles. The number of nitrogens with zero attached hydrogens (tertiary/aromatic N) is 3. The van der Waals surface area contributed by atoms with Crippen LogP contribution < -0.4 is 16.3 Å². The molecule has 0 atom stereocenters. The molecule has 2 aromatic carbocycles. The van der Waals surface area contributed by atoms with Crippen LogP contribution in [0.15, 0.2) is 63.8 Å². The van der Waals surface area contributed by atoms with Crippen LogP contribution in [0, 0.1) is 6.92 Å². The van der Waals surface area contributed by atoms with Crippen molar-refractivity contribution in [1.82, 2.24) is 15.0 Å². The zero-order valence-corrected chi connectivity index (χ0v) is 22.1. The first-order valence-electron chi connectivity index (χ1n) is 13.4. The average Bonchev–Trinajstić information content (AvgIpc) is 2.90. The third kappa shape index (κ3) is 7.71. The highest BCUT2D eigenvalue weighted by molar-refractivity contribution is 5.89. The van der Waals surface area contributed by atoms with Gasteiger partial charge >= 0.3 is 5.63 Å². The highest BCUT2D eigenvalue weighted by Gasteiger charge is 2.11. The quantitative estimate of drug-likeness (QED) is 0.144. The molecule has 8 nitrogen and oxygen atoms in total. The Morgan fingerprint density at radius 1 is 0.842 bits per heavy atom. The Balaban J connectivity index is 1.36. The van der Waals surface area contributed by atoms with Gasteiger partial charge in [0.2, 0.25) is 17.8 Å². The van der Waals surface area contributed by atoms with Crippen LogP contribution in [0.5, 0.6) is 0 Å². The number of carbonyl (C=O) groups excluding carboxylic acids is 1. The Morgan fingerprint density at radius 3 is 2.32 bits per heavy atom. The standard InChI is InChI=1S/C30H35N5O3/c1-3-4-5-6-7-8-9-13-16-27(36)34-30-32-21(2)31-29(35-30)33-24-18-17-23-19-25(22-14-11-10-12-15-22)28(37)38-26(23)20-24/h10-12,14-15,17-20H,3-9,13,16H2,1-2H3,(H2,31,32,33,34,35,36). The van der Waals surface area contributed by atoms with Gasteiger partial charge in [0.1, 0.15) is 11.4 Å². The van der Waals surface area contributed by atoms with Crippen LogP contribution in [0.3, 0.4) is 0 Å². The van der Waals surface area contributed by atoms with Crippen molar-refractivity contribution >= 4 is 34.5 Å². The second-order valence-electron chi connectivity index (χ2n) is 9.49. The van der Waals surface area contributed by atoms with Gasteiger partial charge in [0, 0.05) is 23.6 Å². The second-order valence-corrected chi connectivity index (χ2v) is 9.49. The minimum atomic E-state index is -0.404. The number of nitrogens with one attached hydrogen (secondary N) is 2. The van der Waals surface area contributed by atoms with Crippen LogP contribution in [0.4, 0.5) is 17.6 Å². The van der Waals surface area contributed by atoms with E-state index in [9.17, 15) is 9.59 Å². The topological polar surface area (TPSA) is 110 Å². The molecular formula is C30H35N5O3. The largest absolute Gasteiger partial charge is 0.422 e. The van der Waals surface area contributed by atoms with Crippen LogP contribution in [0.2, 0.25) is 0 Å². The van der Waals surface area contributed by atoms with E-state index in [4.69, 9.17) is 4.42 Å². The van der Waals surface area contributed by atoms with E-state index >= 15 is 0 Å². The Hall–Kier alpha value is -4.07. The summed E-state index contributed by atoms with van der Waals surface area (Å²) >= 11 is 0. The van der Waals surface area contributed by atoms with Crippen LogP contribution in [0.1, 0.15) is 70.5 Å². The van der Waals surface area contributed by atoms with E-state index in [2.05, 4.69) is 32.5 Å². The minimum absolute atomic E-state index is 0.103. The fourth-order valence-electron chi connectivity index (χ4n) is 4.34. The van der Waals surface area contributed by atoms with Crippen molar-refractivity contribution in [2.45, 2.75) is 71.6 Å². The number of hydrogen-bond acceptors (Lipinski definition) is 7. The number of fused-ring (bicyclic) bond motifs is 1. The highest BCUT2D eigenvalue weighted by Crippen LogP contribution is 2.24. The van der Waals surface area contributed by atoms with E-state index in [0.29, 0.717) is 35.0 Å². The van der Waals surface area contributed by atoms with Crippen molar-refractivity contribution < 1.29 is 9.21 Å². The summed E-state index contributed by atoms with van der Waals surface area (Å²) in [5.74, 6) is 0.880. The Bertz CT molecular complexity index is 1420. The predicted molar refractivity (Wildman–Crippen MR) is 152 cm³/mol. The lowest BCUT2D eigenvalue weighted by Gasteiger charge is -2.09. The van der Waals surface area contributed by atoms with Gasteiger partial charge in [-0.3, -0.25) is 10.1 Å². The maximum atomic E-state index is 12.6. The van der Waals surface area contributed by atoms with Crippen molar-refractivity contribution in [3.05, 3.63) is 70.8 Å². The first kappa shape index (κ1) is 27.0. The number of amides is 1. The number of unbranched alkanes of at least 4 members (excludes halogenated alkanes) is 7. The molecule has 2 aromatic heterocycles. The summed E-state index contributed by atoms with van der Waals surface area (Å²) < 4.78 is 5.60. The molecule has 0 radical (unpaired) electrons. The monoisotopic (exact) mass is 513 g/mol. The minimum Gasteiger partial charge on any atom is -0.422 e. The molecule has 1 amide bonds. The zero-order chi connectivity index (χ0) is 26.7. The normalized spacial score (nSPS) is 11.0. The van der Waals surface area contributed by atoms with E-state index in [1.165, 1.54) is 32.1 Å².